The van der Waals surface area contributed by atoms with E-state index in [0.29, 0.717) is 12.8 Å². The average Bonchev–Trinajstić information content (AvgIpc) is 2.17. The molecule has 0 bridgehead atoms. The summed E-state index contributed by atoms with van der Waals surface area (Å²) >= 11 is 0. The average molecular weight is 223 g/mol. The Morgan fingerprint density at radius 3 is 2.73 bits per heavy atom. The first-order chi connectivity index (χ1) is 7.04. The third-order valence-electron chi connectivity index (χ3n) is 2.69. The molecule has 6 heteroatoms. The van der Waals surface area contributed by atoms with Gasteiger partial charge in [0.05, 0.1) is 31.0 Å². The van der Waals surface area contributed by atoms with Crippen molar-refractivity contribution in [1.82, 2.24) is 5.29 Å². The number of hydrogen-bond donors (Lipinski definition) is 3. The van der Waals surface area contributed by atoms with Gasteiger partial charge in [-0.25, -0.2) is 0 Å². The van der Waals surface area contributed by atoms with E-state index in [4.69, 9.17) is 15.1 Å². The Kier molecular flexibility index (Phi) is 4.88. The summed E-state index contributed by atoms with van der Waals surface area (Å²) in [6, 6.07) is -0.762. The predicted molar refractivity (Wildman–Crippen MR) is 49.8 cm³/mol. The predicted octanol–water partition coefficient (Wildman–Crippen LogP) is 0.241. The molecule has 1 aliphatic heterocycles. The zero-order valence-corrected chi connectivity index (χ0v) is 8.71. The maximum absolute atomic E-state index is 12.7. The van der Waals surface area contributed by atoms with E-state index in [2.05, 4.69) is 0 Å². The third-order valence-corrected chi connectivity index (χ3v) is 2.69. The molecule has 5 nitrogen and oxygen atoms in total. The van der Waals surface area contributed by atoms with Crippen molar-refractivity contribution in [3.63, 3.8) is 0 Å². The second kappa shape index (κ2) is 5.72. The lowest BCUT2D eigenvalue weighted by Gasteiger charge is -2.36. The normalized spacial score (nSPS) is 34.4. The molecule has 0 aromatic heterocycles. The first-order valence-electron chi connectivity index (χ1n) is 5.12. The Labute approximate surface area is 88.0 Å². The molecular weight excluding hydrogens is 205 g/mol. The highest BCUT2D eigenvalue weighted by atomic mass is 19.2. The standard InChI is InChI=1S/C9H18FNO4/c1-6-2-3-8(11(10)14)9(15-6)4-7(13)5-12/h6-9,12-14H,2-5H2,1H3. The van der Waals surface area contributed by atoms with Gasteiger partial charge in [-0.1, -0.05) is 0 Å². The zero-order valence-electron chi connectivity index (χ0n) is 8.71. The number of ether oxygens (including phenoxy) is 1. The number of aliphatic hydroxyl groups excluding tert-OH is 2. The van der Waals surface area contributed by atoms with Gasteiger partial charge in [0.15, 0.2) is 0 Å². The van der Waals surface area contributed by atoms with Crippen molar-refractivity contribution in [3.8, 4) is 0 Å². The highest BCUT2D eigenvalue weighted by Gasteiger charge is 2.35. The van der Waals surface area contributed by atoms with Gasteiger partial charge in [0.25, 0.3) is 0 Å². The molecule has 1 saturated heterocycles. The van der Waals surface area contributed by atoms with Crippen LogP contribution in [0.2, 0.25) is 0 Å². The second-order valence-electron chi connectivity index (χ2n) is 3.99. The number of rotatable bonds is 4. The van der Waals surface area contributed by atoms with Crippen LogP contribution in [0.1, 0.15) is 26.2 Å². The maximum Gasteiger partial charge on any atom is 0.0940 e. The lowest BCUT2D eigenvalue weighted by Crippen LogP contribution is -2.46. The first-order valence-corrected chi connectivity index (χ1v) is 5.12. The Bertz CT molecular complexity index is 193. The highest BCUT2D eigenvalue weighted by Crippen LogP contribution is 2.26. The SMILES string of the molecule is CC1CCC(N(O)F)C(CC(O)CO)O1. The van der Waals surface area contributed by atoms with E-state index >= 15 is 0 Å². The lowest BCUT2D eigenvalue weighted by atomic mass is 9.95. The fourth-order valence-electron chi connectivity index (χ4n) is 1.85. The van der Waals surface area contributed by atoms with Crippen LogP contribution in [0.15, 0.2) is 0 Å². The summed E-state index contributed by atoms with van der Waals surface area (Å²) in [6.45, 7) is 1.47. The van der Waals surface area contributed by atoms with Crippen LogP contribution in [-0.4, -0.2) is 51.7 Å². The van der Waals surface area contributed by atoms with Crippen molar-refractivity contribution in [1.29, 1.82) is 0 Å². The fraction of sp³-hybridized carbons (Fsp3) is 1.00. The number of halogens is 1. The van der Waals surface area contributed by atoms with Gasteiger partial charge < -0.3 is 14.9 Å². The summed E-state index contributed by atoms with van der Waals surface area (Å²) in [6.07, 6.45) is -0.299. The number of hydrogen-bond acceptors (Lipinski definition) is 5. The highest BCUT2D eigenvalue weighted by molar-refractivity contribution is 4.82. The van der Waals surface area contributed by atoms with E-state index in [9.17, 15) is 9.59 Å². The topological polar surface area (TPSA) is 73.2 Å². The molecule has 0 aliphatic carbocycles. The first kappa shape index (κ1) is 12.8. The molecule has 0 amide bonds. The molecule has 1 rings (SSSR count). The van der Waals surface area contributed by atoms with Crippen molar-refractivity contribution in [2.45, 2.75) is 50.5 Å². The minimum Gasteiger partial charge on any atom is -0.394 e. The number of hydroxylamine groups is 1. The van der Waals surface area contributed by atoms with Gasteiger partial charge in [0, 0.05) is 6.42 Å². The molecule has 1 heterocycles. The van der Waals surface area contributed by atoms with Crippen LogP contribution < -0.4 is 0 Å². The molecule has 3 N–H and O–H groups in total. The van der Waals surface area contributed by atoms with Crippen LogP contribution >= 0.6 is 0 Å². The molecule has 0 radical (unpaired) electrons. The molecule has 1 fully saturated rings. The Morgan fingerprint density at radius 2 is 2.20 bits per heavy atom. The van der Waals surface area contributed by atoms with E-state index < -0.39 is 24.9 Å². The van der Waals surface area contributed by atoms with Crippen molar-refractivity contribution in [2.75, 3.05) is 6.61 Å². The molecule has 0 aromatic carbocycles. The smallest absolute Gasteiger partial charge is 0.0940 e. The van der Waals surface area contributed by atoms with E-state index in [0.717, 1.165) is 0 Å². The molecule has 4 unspecified atom stereocenters. The van der Waals surface area contributed by atoms with E-state index in [1.165, 1.54) is 0 Å². The molecule has 0 saturated carbocycles. The Morgan fingerprint density at radius 1 is 1.53 bits per heavy atom. The zero-order chi connectivity index (χ0) is 11.4. The largest absolute Gasteiger partial charge is 0.394 e. The van der Waals surface area contributed by atoms with Crippen LogP contribution in [0.4, 0.5) is 4.48 Å². The van der Waals surface area contributed by atoms with Crippen molar-refractivity contribution >= 4 is 0 Å². The molecule has 0 spiro atoms. The van der Waals surface area contributed by atoms with Crippen molar-refractivity contribution in [3.05, 3.63) is 0 Å². The van der Waals surface area contributed by atoms with Crippen LogP contribution in [0, 0.1) is 0 Å². The van der Waals surface area contributed by atoms with Gasteiger partial charge in [-0.3, -0.25) is 5.21 Å². The summed E-state index contributed by atoms with van der Waals surface area (Å²) in [7, 11) is 0. The summed E-state index contributed by atoms with van der Waals surface area (Å²) in [5, 5.41) is 26.3. The number of nitrogens with zero attached hydrogens (tertiary/aromatic N) is 1. The molecule has 15 heavy (non-hydrogen) atoms. The minimum absolute atomic E-state index is 0.0166. The monoisotopic (exact) mass is 223 g/mol. The Hall–Kier alpha value is -0.270. The quantitative estimate of drug-likeness (QED) is 0.470. The van der Waals surface area contributed by atoms with Gasteiger partial charge in [0.2, 0.25) is 0 Å². The second-order valence-corrected chi connectivity index (χ2v) is 3.99. The van der Waals surface area contributed by atoms with Crippen LogP contribution in [0.3, 0.4) is 0 Å². The summed E-state index contributed by atoms with van der Waals surface area (Å²) in [4.78, 5) is 0. The molecule has 0 aromatic rings. The molecule has 1 aliphatic rings. The van der Waals surface area contributed by atoms with Crippen LogP contribution in [-0.2, 0) is 4.74 Å². The van der Waals surface area contributed by atoms with Gasteiger partial charge in [-0.15, -0.1) is 4.48 Å². The number of aliphatic hydroxyl groups is 2. The minimum atomic E-state index is -0.942. The van der Waals surface area contributed by atoms with E-state index in [1.54, 1.807) is 0 Å². The Balaban J connectivity index is 2.54. The molecular formula is C9H18FNO4. The summed E-state index contributed by atoms with van der Waals surface area (Å²) < 4.78 is 18.1. The summed E-state index contributed by atoms with van der Waals surface area (Å²) in [5.41, 5.74) is 0. The van der Waals surface area contributed by atoms with Crippen molar-refractivity contribution < 1.29 is 24.6 Å². The molecule has 4 atom stereocenters. The molecule has 90 valence electrons. The van der Waals surface area contributed by atoms with Crippen molar-refractivity contribution in [2.24, 2.45) is 0 Å². The van der Waals surface area contributed by atoms with Gasteiger partial charge in [-0.05, 0) is 25.1 Å². The van der Waals surface area contributed by atoms with E-state index in [1.807, 2.05) is 6.92 Å². The van der Waals surface area contributed by atoms with Gasteiger partial charge in [0.1, 0.15) is 0 Å². The maximum atomic E-state index is 12.7. The summed E-state index contributed by atoms with van der Waals surface area (Å²) in [5.74, 6) is 0. The van der Waals surface area contributed by atoms with Gasteiger partial charge >= 0.3 is 0 Å². The van der Waals surface area contributed by atoms with E-state index in [-0.39, 0.29) is 17.8 Å². The third kappa shape index (κ3) is 3.66. The fourth-order valence-corrected chi connectivity index (χ4v) is 1.85. The van der Waals surface area contributed by atoms with Crippen LogP contribution in [0.5, 0.6) is 0 Å². The lowest BCUT2D eigenvalue weighted by molar-refractivity contribution is -0.299. The van der Waals surface area contributed by atoms with Crippen LogP contribution in [0.25, 0.3) is 0 Å². The van der Waals surface area contributed by atoms with Gasteiger partial charge in [-0.2, -0.15) is 0 Å².